The summed E-state index contributed by atoms with van der Waals surface area (Å²) in [4.78, 5) is 24.2. The second-order valence-corrected chi connectivity index (χ2v) is 4.18. The Bertz CT molecular complexity index is 250. The van der Waals surface area contributed by atoms with Crippen LogP contribution in [0, 0.1) is 5.92 Å². The molecule has 2 N–H and O–H groups in total. The average molecular weight is 228 g/mol. The van der Waals surface area contributed by atoms with Crippen LogP contribution in [0.5, 0.6) is 0 Å². The molecule has 16 heavy (non-hydrogen) atoms. The van der Waals surface area contributed by atoms with Crippen LogP contribution in [-0.2, 0) is 4.79 Å². The molecule has 0 aromatic heterocycles. The minimum absolute atomic E-state index is 0.126. The highest BCUT2D eigenvalue weighted by molar-refractivity contribution is 5.76. The Hall–Kier alpha value is -1.26. The van der Waals surface area contributed by atoms with E-state index in [1.54, 1.807) is 4.90 Å². The van der Waals surface area contributed by atoms with Gasteiger partial charge in [-0.25, -0.2) is 4.79 Å². The summed E-state index contributed by atoms with van der Waals surface area (Å²) in [6, 6.07) is -0.126. The molecule has 1 aliphatic rings. The van der Waals surface area contributed by atoms with Crippen molar-refractivity contribution in [2.75, 3.05) is 19.6 Å². The molecule has 1 unspecified atom stereocenters. The van der Waals surface area contributed by atoms with Gasteiger partial charge >= 0.3 is 12.0 Å². The van der Waals surface area contributed by atoms with Gasteiger partial charge < -0.3 is 15.3 Å². The zero-order valence-electron chi connectivity index (χ0n) is 9.74. The zero-order valence-corrected chi connectivity index (χ0v) is 9.74. The zero-order chi connectivity index (χ0) is 12.0. The predicted molar refractivity (Wildman–Crippen MR) is 60.2 cm³/mol. The molecule has 1 fully saturated rings. The highest BCUT2D eigenvalue weighted by atomic mass is 16.4. The number of carbonyl (C=O) groups is 2. The van der Waals surface area contributed by atoms with Gasteiger partial charge in [0.2, 0.25) is 0 Å². The van der Waals surface area contributed by atoms with Gasteiger partial charge in [0.15, 0.2) is 0 Å². The molecule has 0 aromatic carbocycles. The Morgan fingerprint density at radius 2 is 1.94 bits per heavy atom. The Kier molecular flexibility index (Phi) is 5.08. The summed E-state index contributed by atoms with van der Waals surface area (Å²) in [6.07, 6.45) is 3.80. The number of rotatable bonds is 4. The maximum absolute atomic E-state index is 11.7. The number of hydrogen-bond donors (Lipinski definition) is 2. The summed E-state index contributed by atoms with van der Waals surface area (Å²) in [5, 5.41) is 11.5. The molecule has 0 radical (unpaired) electrons. The Morgan fingerprint density at radius 1 is 1.31 bits per heavy atom. The van der Waals surface area contributed by atoms with Crippen LogP contribution >= 0.6 is 0 Å². The smallest absolute Gasteiger partial charge is 0.317 e. The van der Waals surface area contributed by atoms with E-state index in [1.165, 1.54) is 6.42 Å². The van der Waals surface area contributed by atoms with Crippen LogP contribution in [0.2, 0.25) is 0 Å². The first kappa shape index (κ1) is 12.8. The Labute approximate surface area is 95.8 Å². The fourth-order valence-corrected chi connectivity index (χ4v) is 1.83. The number of hydrogen-bond acceptors (Lipinski definition) is 2. The lowest BCUT2D eigenvalue weighted by Crippen LogP contribution is -2.45. The first-order chi connectivity index (χ1) is 7.65. The molecule has 1 rings (SSSR count). The van der Waals surface area contributed by atoms with Gasteiger partial charge in [0.25, 0.3) is 0 Å². The van der Waals surface area contributed by atoms with Gasteiger partial charge in [0.05, 0.1) is 5.92 Å². The van der Waals surface area contributed by atoms with Crippen molar-refractivity contribution in [2.24, 2.45) is 5.92 Å². The first-order valence-corrected chi connectivity index (χ1v) is 5.90. The predicted octanol–water partition coefficient (Wildman–Crippen LogP) is 1.29. The third-order valence-corrected chi connectivity index (χ3v) is 2.99. The second kappa shape index (κ2) is 6.35. The van der Waals surface area contributed by atoms with Crippen LogP contribution in [0.15, 0.2) is 0 Å². The van der Waals surface area contributed by atoms with E-state index in [2.05, 4.69) is 5.32 Å². The van der Waals surface area contributed by atoms with Crippen molar-refractivity contribution in [1.29, 1.82) is 0 Å². The molecule has 1 saturated heterocycles. The van der Waals surface area contributed by atoms with Gasteiger partial charge in [-0.2, -0.15) is 0 Å². The summed E-state index contributed by atoms with van der Waals surface area (Å²) in [7, 11) is 0. The maximum Gasteiger partial charge on any atom is 0.317 e. The van der Waals surface area contributed by atoms with E-state index in [0.29, 0.717) is 6.42 Å². The topological polar surface area (TPSA) is 69.6 Å². The van der Waals surface area contributed by atoms with E-state index in [9.17, 15) is 9.59 Å². The van der Waals surface area contributed by atoms with E-state index in [4.69, 9.17) is 5.11 Å². The lowest BCUT2D eigenvalue weighted by atomic mass is 10.1. The van der Waals surface area contributed by atoms with Gasteiger partial charge in [0.1, 0.15) is 0 Å². The Balaban J connectivity index is 2.30. The van der Waals surface area contributed by atoms with Crippen LogP contribution in [0.3, 0.4) is 0 Å². The molecule has 0 bridgehead atoms. The molecular weight excluding hydrogens is 208 g/mol. The number of urea groups is 1. The van der Waals surface area contributed by atoms with Crippen LogP contribution in [0.25, 0.3) is 0 Å². The number of nitrogens with one attached hydrogen (secondary N) is 1. The fourth-order valence-electron chi connectivity index (χ4n) is 1.83. The number of aliphatic carboxylic acids is 1. The molecule has 2 amide bonds. The molecule has 0 aromatic rings. The standard InChI is InChI=1S/C11H20N2O3/c1-2-9(10(14)15)8-12-11(16)13-6-4-3-5-7-13/h9H,2-8H2,1H3,(H,12,16)(H,14,15). The summed E-state index contributed by atoms with van der Waals surface area (Å²) in [6.45, 7) is 3.61. The largest absolute Gasteiger partial charge is 0.481 e. The van der Waals surface area contributed by atoms with E-state index < -0.39 is 11.9 Å². The van der Waals surface area contributed by atoms with Crippen molar-refractivity contribution in [1.82, 2.24) is 10.2 Å². The number of amides is 2. The third-order valence-electron chi connectivity index (χ3n) is 2.99. The van der Waals surface area contributed by atoms with Gasteiger partial charge in [-0.15, -0.1) is 0 Å². The lowest BCUT2D eigenvalue weighted by molar-refractivity contribution is -0.141. The fraction of sp³-hybridized carbons (Fsp3) is 0.818. The molecule has 0 aliphatic carbocycles. The second-order valence-electron chi connectivity index (χ2n) is 4.18. The van der Waals surface area contributed by atoms with Gasteiger partial charge in [-0.05, 0) is 25.7 Å². The van der Waals surface area contributed by atoms with Gasteiger partial charge in [-0.3, -0.25) is 4.79 Å². The highest BCUT2D eigenvalue weighted by Gasteiger charge is 2.19. The van der Waals surface area contributed by atoms with Crippen LogP contribution in [-0.4, -0.2) is 41.6 Å². The SMILES string of the molecule is CCC(CNC(=O)N1CCCCC1)C(=O)O. The van der Waals surface area contributed by atoms with Gasteiger partial charge in [-0.1, -0.05) is 6.92 Å². The van der Waals surface area contributed by atoms with Crippen molar-refractivity contribution in [3.05, 3.63) is 0 Å². The Morgan fingerprint density at radius 3 is 2.44 bits per heavy atom. The number of likely N-dealkylation sites (tertiary alicyclic amines) is 1. The number of carbonyl (C=O) groups excluding carboxylic acids is 1. The van der Waals surface area contributed by atoms with E-state index in [1.807, 2.05) is 6.92 Å². The van der Waals surface area contributed by atoms with Crippen LogP contribution in [0.4, 0.5) is 4.79 Å². The molecule has 1 aliphatic heterocycles. The number of carboxylic acids is 1. The first-order valence-electron chi connectivity index (χ1n) is 5.90. The van der Waals surface area contributed by atoms with Crippen molar-refractivity contribution in [3.63, 3.8) is 0 Å². The van der Waals surface area contributed by atoms with Crippen molar-refractivity contribution in [3.8, 4) is 0 Å². The molecule has 0 saturated carbocycles. The van der Waals surface area contributed by atoms with Crippen molar-refractivity contribution < 1.29 is 14.7 Å². The molecule has 1 heterocycles. The maximum atomic E-state index is 11.7. The number of nitrogens with zero attached hydrogens (tertiary/aromatic N) is 1. The third kappa shape index (κ3) is 3.72. The molecule has 0 spiro atoms. The lowest BCUT2D eigenvalue weighted by Gasteiger charge is -2.27. The summed E-state index contributed by atoms with van der Waals surface area (Å²) < 4.78 is 0. The van der Waals surface area contributed by atoms with Crippen molar-refractivity contribution >= 4 is 12.0 Å². The molecular formula is C11H20N2O3. The minimum Gasteiger partial charge on any atom is -0.481 e. The van der Waals surface area contributed by atoms with E-state index in [0.717, 1.165) is 25.9 Å². The minimum atomic E-state index is -0.846. The van der Waals surface area contributed by atoms with Crippen molar-refractivity contribution in [2.45, 2.75) is 32.6 Å². The monoisotopic (exact) mass is 228 g/mol. The van der Waals surface area contributed by atoms with Gasteiger partial charge in [0, 0.05) is 19.6 Å². The van der Waals surface area contributed by atoms with E-state index >= 15 is 0 Å². The summed E-state index contributed by atoms with van der Waals surface area (Å²) in [5.74, 6) is -1.32. The molecule has 92 valence electrons. The molecule has 5 heteroatoms. The summed E-state index contributed by atoms with van der Waals surface area (Å²) in [5.41, 5.74) is 0. The quantitative estimate of drug-likeness (QED) is 0.761. The van der Waals surface area contributed by atoms with Crippen LogP contribution in [0.1, 0.15) is 32.6 Å². The van der Waals surface area contributed by atoms with Crippen LogP contribution < -0.4 is 5.32 Å². The normalized spacial score (nSPS) is 17.9. The number of carboxylic acid groups (broad SMARTS) is 1. The molecule has 5 nitrogen and oxygen atoms in total. The number of piperidine rings is 1. The summed E-state index contributed by atoms with van der Waals surface area (Å²) >= 11 is 0. The van der Waals surface area contributed by atoms with E-state index in [-0.39, 0.29) is 12.6 Å². The average Bonchev–Trinajstić information content (AvgIpc) is 2.30. The molecule has 1 atom stereocenters. The highest BCUT2D eigenvalue weighted by Crippen LogP contribution is 2.08.